The summed E-state index contributed by atoms with van der Waals surface area (Å²) in [5, 5.41) is 3.48. The highest BCUT2D eigenvalue weighted by molar-refractivity contribution is 6.44. The van der Waals surface area contributed by atoms with E-state index in [-0.39, 0.29) is 33.6 Å². The third-order valence-corrected chi connectivity index (χ3v) is 5.60. The molecule has 3 heterocycles. The van der Waals surface area contributed by atoms with Crippen LogP contribution in [0.1, 0.15) is 39.5 Å². The van der Waals surface area contributed by atoms with Gasteiger partial charge in [0, 0.05) is 30.9 Å². The minimum atomic E-state index is -0.551. The Bertz CT molecular complexity index is 910. The number of hydrogen-bond donors (Lipinski definition) is 4. The van der Waals surface area contributed by atoms with E-state index in [9.17, 15) is 9.59 Å². The first kappa shape index (κ1) is 20.7. The molecule has 1 fully saturated rings. The van der Waals surface area contributed by atoms with Gasteiger partial charge in [0.2, 0.25) is 5.28 Å². The van der Waals surface area contributed by atoms with Crippen molar-refractivity contribution in [2.75, 3.05) is 18.0 Å². The van der Waals surface area contributed by atoms with Crippen LogP contribution in [-0.2, 0) is 0 Å². The molecule has 12 heteroatoms. The normalized spacial score (nSPS) is 14.8. The van der Waals surface area contributed by atoms with E-state index in [2.05, 4.69) is 20.3 Å². The Morgan fingerprint density at radius 1 is 1.18 bits per heavy atom. The summed E-state index contributed by atoms with van der Waals surface area (Å²) < 4.78 is 0. The predicted octanol–water partition coefficient (Wildman–Crippen LogP) is 2.08. The van der Waals surface area contributed by atoms with Crippen LogP contribution in [0.25, 0.3) is 0 Å². The fraction of sp³-hybridized carbons (Fsp3) is 0.375. The number of nitrogen functional groups attached to an aromatic ring is 1. The maximum absolute atomic E-state index is 12.5. The standard InChI is InChI=1S/C16H18Cl3N7O2/c1-7-11(17)12(18)13(21-7)15(28)22-8-2-4-26(5-3-8)10-6-9(14(27)25-20)23-16(19)24-10/h6,8,21H,2-5,20H2,1H3,(H,22,28)(H,25,27). The van der Waals surface area contributed by atoms with Crippen LogP contribution in [0, 0.1) is 6.92 Å². The van der Waals surface area contributed by atoms with Crippen molar-refractivity contribution in [1.82, 2.24) is 25.7 Å². The number of piperidine rings is 1. The Kier molecular flexibility index (Phi) is 6.29. The smallest absolute Gasteiger partial charge is 0.284 e. The zero-order valence-electron chi connectivity index (χ0n) is 14.9. The first-order valence-corrected chi connectivity index (χ1v) is 9.58. The molecule has 0 unspecified atom stereocenters. The monoisotopic (exact) mass is 445 g/mol. The van der Waals surface area contributed by atoms with Crippen LogP contribution in [0.5, 0.6) is 0 Å². The van der Waals surface area contributed by atoms with Crippen LogP contribution >= 0.6 is 34.8 Å². The molecule has 2 aromatic heterocycles. The summed E-state index contributed by atoms with van der Waals surface area (Å²) >= 11 is 18.0. The molecule has 0 aromatic carbocycles. The SMILES string of the molecule is Cc1[nH]c(C(=O)NC2CCN(c3cc(C(=O)NN)nc(Cl)n3)CC2)c(Cl)c1Cl. The number of carbonyl (C=O) groups is 2. The van der Waals surface area contributed by atoms with Gasteiger partial charge in [-0.1, -0.05) is 23.2 Å². The number of nitrogens with two attached hydrogens (primary N) is 1. The average molecular weight is 447 g/mol. The number of nitrogens with zero attached hydrogens (tertiary/aromatic N) is 3. The van der Waals surface area contributed by atoms with Crippen molar-refractivity contribution in [3.8, 4) is 0 Å². The summed E-state index contributed by atoms with van der Waals surface area (Å²) in [6, 6.07) is 1.49. The van der Waals surface area contributed by atoms with Gasteiger partial charge in [-0.2, -0.15) is 0 Å². The molecule has 0 spiro atoms. The molecule has 150 valence electrons. The number of aryl methyl sites for hydroxylation is 1. The Hall–Kier alpha value is -2.07. The second kappa shape index (κ2) is 8.52. The fourth-order valence-electron chi connectivity index (χ4n) is 3.00. The van der Waals surface area contributed by atoms with E-state index in [0.29, 0.717) is 42.5 Å². The average Bonchev–Trinajstić information content (AvgIpc) is 2.95. The molecule has 0 aliphatic carbocycles. The van der Waals surface area contributed by atoms with Gasteiger partial charge in [-0.25, -0.2) is 15.8 Å². The third-order valence-electron chi connectivity index (χ3n) is 4.48. The summed E-state index contributed by atoms with van der Waals surface area (Å²) in [6.45, 7) is 2.97. The lowest BCUT2D eigenvalue weighted by Crippen LogP contribution is -2.45. The van der Waals surface area contributed by atoms with Crippen molar-refractivity contribution in [1.29, 1.82) is 0 Å². The second-order valence-corrected chi connectivity index (χ2v) is 7.44. The lowest BCUT2D eigenvalue weighted by Gasteiger charge is -2.33. The summed E-state index contributed by atoms with van der Waals surface area (Å²) in [5.74, 6) is 4.81. The van der Waals surface area contributed by atoms with Gasteiger partial charge in [0.1, 0.15) is 17.2 Å². The van der Waals surface area contributed by atoms with E-state index >= 15 is 0 Å². The van der Waals surface area contributed by atoms with E-state index in [1.54, 1.807) is 6.92 Å². The quantitative estimate of drug-likeness (QED) is 0.246. The molecule has 0 bridgehead atoms. The molecule has 1 aliphatic rings. The van der Waals surface area contributed by atoms with Crippen molar-refractivity contribution >= 4 is 52.4 Å². The highest BCUT2D eigenvalue weighted by atomic mass is 35.5. The van der Waals surface area contributed by atoms with Crippen molar-refractivity contribution < 1.29 is 9.59 Å². The van der Waals surface area contributed by atoms with E-state index in [1.165, 1.54) is 6.07 Å². The predicted molar refractivity (Wildman–Crippen MR) is 107 cm³/mol. The zero-order valence-corrected chi connectivity index (χ0v) is 17.1. The minimum absolute atomic E-state index is 0.0358. The molecule has 9 nitrogen and oxygen atoms in total. The Labute approximate surface area is 175 Å². The summed E-state index contributed by atoms with van der Waals surface area (Å²) in [4.78, 5) is 37.0. The molecule has 2 aromatic rings. The number of rotatable bonds is 4. The van der Waals surface area contributed by atoms with Gasteiger partial charge < -0.3 is 15.2 Å². The first-order valence-electron chi connectivity index (χ1n) is 8.45. The van der Waals surface area contributed by atoms with Gasteiger partial charge in [-0.3, -0.25) is 15.0 Å². The van der Waals surface area contributed by atoms with Crippen LogP contribution in [0.3, 0.4) is 0 Å². The molecular weight excluding hydrogens is 429 g/mol. The summed E-state index contributed by atoms with van der Waals surface area (Å²) in [6.07, 6.45) is 1.35. The number of halogens is 3. The molecule has 2 amide bonds. The maximum atomic E-state index is 12.5. The zero-order chi connectivity index (χ0) is 20.4. The molecule has 0 radical (unpaired) electrons. The van der Waals surface area contributed by atoms with Gasteiger partial charge in [0.05, 0.1) is 10.0 Å². The lowest BCUT2D eigenvalue weighted by molar-refractivity contribution is 0.0923. The lowest BCUT2D eigenvalue weighted by atomic mass is 10.0. The van der Waals surface area contributed by atoms with Gasteiger partial charge in [0.25, 0.3) is 11.8 Å². The first-order chi connectivity index (χ1) is 13.3. The largest absolute Gasteiger partial charge is 0.356 e. The number of carbonyl (C=O) groups excluding carboxylic acids is 2. The Morgan fingerprint density at radius 2 is 1.86 bits per heavy atom. The Morgan fingerprint density at radius 3 is 2.43 bits per heavy atom. The van der Waals surface area contributed by atoms with Crippen LogP contribution < -0.4 is 21.5 Å². The summed E-state index contributed by atoms with van der Waals surface area (Å²) in [7, 11) is 0. The molecule has 3 rings (SSSR count). The number of hydrogen-bond acceptors (Lipinski definition) is 6. The molecule has 1 aliphatic heterocycles. The second-order valence-electron chi connectivity index (χ2n) is 6.34. The van der Waals surface area contributed by atoms with Gasteiger partial charge >= 0.3 is 0 Å². The van der Waals surface area contributed by atoms with Gasteiger partial charge in [0.15, 0.2) is 0 Å². The number of H-pyrrole nitrogens is 1. The molecule has 0 saturated carbocycles. The molecule has 1 saturated heterocycles. The third kappa shape index (κ3) is 4.33. The fourth-order valence-corrected chi connectivity index (χ4v) is 3.59. The number of anilines is 1. The van der Waals surface area contributed by atoms with Crippen molar-refractivity contribution in [3.05, 3.63) is 38.5 Å². The number of nitrogens with one attached hydrogen (secondary N) is 3. The Balaban J connectivity index is 1.63. The van der Waals surface area contributed by atoms with Crippen LogP contribution in [0.4, 0.5) is 5.82 Å². The number of amides is 2. The minimum Gasteiger partial charge on any atom is -0.356 e. The molecule has 5 N–H and O–H groups in total. The van der Waals surface area contributed by atoms with E-state index in [1.807, 2.05) is 10.3 Å². The maximum Gasteiger partial charge on any atom is 0.284 e. The number of aromatic nitrogens is 3. The van der Waals surface area contributed by atoms with E-state index in [0.717, 1.165) is 0 Å². The van der Waals surface area contributed by atoms with Crippen molar-refractivity contribution in [3.63, 3.8) is 0 Å². The van der Waals surface area contributed by atoms with Crippen molar-refractivity contribution in [2.24, 2.45) is 5.84 Å². The van der Waals surface area contributed by atoms with E-state index in [4.69, 9.17) is 40.6 Å². The van der Waals surface area contributed by atoms with E-state index < -0.39 is 5.91 Å². The number of aromatic amines is 1. The van der Waals surface area contributed by atoms with Crippen LogP contribution in [0.15, 0.2) is 6.07 Å². The van der Waals surface area contributed by atoms with Crippen LogP contribution in [0.2, 0.25) is 15.3 Å². The topological polar surface area (TPSA) is 129 Å². The highest BCUT2D eigenvalue weighted by Crippen LogP contribution is 2.29. The highest BCUT2D eigenvalue weighted by Gasteiger charge is 2.25. The molecular formula is C16H18Cl3N7O2. The van der Waals surface area contributed by atoms with Crippen LogP contribution in [-0.4, -0.2) is 45.9 Å². The number of hydrazine groups is 1. The summed E-state index contributed by atoms with van der Waals surface area (Å²) in [5.41, 5.74) is 3.00. The molecule has 28 heavy (non-hydrogen) atoms. The van der Waals surface area contributed by atoms with Crippen molar-refractivity contribution in [2.45, 2.75) is 25.8 Å². The van der Waals surface area contributed by atoms with Gasteiger partial charge in [-0.15, -0.1) is 0 Å². The van der Waals surface area contributed by atoms with Gasteiger partial charge in [-0.05, 0) is 31.4 Å². The molecule has 0 atom stereocenters.